The molecule has 1 heterocycles. The van der Waals surface area contributed by atoms with E-state index < -0.39 is 27.3 Å². The van der Waals surface area contributed by atoms with Gasteiger partial charge >= 0.3 is 0 Å². The topological polar surface area (TPSA) is 84.2 Å². The molecule has 1 aromatic carbocycles. The fourth-order valence-electron chi connectivity index (χ4n) is 1.51. The van der Waals surface area contributed by atoms with Crippen molar-refractivity contribution in [1.29, 1.82) is 0 Å². The molecule has 0 aliphatic carbocycles. The minimum atomic E-state index is -4.06. The highest BCUT2D eigenvalue weighted by Crippen LogP contribution is 2.25. The fourth-order valence-corrected chi connectivity index (χ4v) is 2.87. The summed E-state index contributed by atoms with van der Waals surface area (Å²) in [6.07, 6.45) is 2.25. The maximum atomic E-state index is 13.6. The summed E-state index contributed by atoms with van der Waals surface area (Å²) in [5, 5.41) is 12.5. The molecule has 0 unspecified atom stereocenters. The second-order valence-electron chi connectivity index (χ2n) is 4.01. The minimum absolute atomic E-state index is 0.0717. The van der Waals surface area contributed by atoms with Gasteiger partial charge in [-0.2, -0.15) is 5.10 Å². The van der Waals surface area contributed by atoms with Crippen molar-refractivity contribution in [1.82, 2.24) is 9.78 Å². The van der Waals surface area contributed by atoms with E-state index >= 15 is 0 Å². The zero-order valence-corrected chi connectivity index (χ0v) is 12.8. The maximum absolute atomic E-state index is 13.6. The number of benzene rings is 1. The van der Waals surface area contributed by atoms with Crippen LogP contribution in [0, 0.1) is 11.6 Å². The molecule has 21 heavy (non-hydrogen) atoms. The number of rotatable bonds is 5. The molecule has 0 fully saturated rings. The Hall–Kier alpha value is -1.52. The lowest BCUT2D eigenvalue weighted by molar-refractivity contribution is 0.269. The number of sulfonamides is 1. The smallest absolute Gasteiger partial charge is 0.265 e. The third kappa shape index (κ3) is 3.57. The SMILES string of the molecule is O=S(=O)(Nc1cc(Br)c(F)cc1F)c1cnn(CCO)c1. The lowest BCUT2D eigenvalue weighted by Gasteiger charge is -2.08. The molecule has 0 aliphatic heterocycles. The average Bonchev–Trinajstić information content (AvgIpc) is 2.86. The molecule has 0 spiro atoms. The summed E-state index contributed by atoms with van der Waals surface area (Å²) in [6.45, 7) is -0.0693. The van der Waals surface area contributed by atoms with Crippen LogP contribution in [0.5, 0.6) is 0 Å². The summed E-state index contributed by atoms with van der Waals surface area (Å²) in [7, 11) is -4.06. The maximum Gasteiger partial charge on any atom is 0.265 e. The van der Waals surface area contributed by atoms with Crippen molar-refractivity contribution < 1.29 is 22.3 Å². The predicted molar refractivity (Wildman–Crippen MR) is 74.2 cm³/mol. The summed E-state index contributed by atoms with van der Waals surface area (Å²) in [5.74, 6) is -1.88. The number of nitrogens with zero attached hydrogens (tertiary/aromatic N) is 2. The van der Waals surface area contributed by atoms with Gasteiger partial charge in [0.25, 0.3) is 10.0 Å². The monoisotopic (exact) mass is 381 g/mol. The van der Waals surface area contributed by atoms with Crippen LogP contribution in [0.15, 0.2) is 33.9 Å². The second kappa shape index (κ2) is 6.08. The van der Waals surface area contributed by atoms with Gasteiger partial charge in [0.2, 0.25) is 0 Å². The van der Waals surface area contributed by atoms with Gasteiger partial charge in [0, 0.05) is 12.3 Å². The van der Waals surface area contributed by atoms with Crippen LogP contribution in [-0.4, -0.2) is 29.9 Å². The molecule has 0 radical (unpaired) electrons. The Labute approximate surface area is 127 Å². The van der Waals surface area contributed by atoms with Crippen molar-refractivity contribution in [3.8, 4) is 0 Å². The van der Waals surface area contributed by atoms with Gasteiger partial charge in [-0.15, -0.1) is 0 Å². The summed E-state index contributed by atoms with van der Waals surface area (Å²) < 4.78 is 54.0. The van der Waals surface area contributed by atoms with Crippen LogP contribution in [0.3, 0.4) is 0 Å². The third-order valence-electron chi connectivity index (χ3n) is 2.50. The Morgan fingerprint density at radius 3 is 2.71 bits per heavy atom. The first-order valence-electron chi connectivity index (χ1n) is 5.64. The number of anilines is 1. The lowest BCUT2D eigenvalue weighted by atomic mass is 10.3. The van der Waals surface area contributed by atoms with Crippen molar-refractivity contribution in [2.45, 2.75) is 11.4 Å². The Bertz CT molecular complexity index is 764. The molecule has 114 valence electrons. The van der Waals surface area contributed by atoms with E-state index in [4.69, 9.17) is 5.11 Å². The van der Waals surface area contributed by atoms with Crippen molar-refractivity contribution >= 4 is 31.6 Å². The summed E-state index contributed by atoms with van der Waals surface area (Å²) >= 11 is 2.85. The zero-order valence-electron chi connectivity index (χ0n) is 10.4. The van der Waals surface area contributed by atoms with Crippen LogP contribution in [0.4, 0.5) is 14.5 Å². The largest absolute Gasteiger partial charge is 0.394 e. The van der Waals surface area contributed by atoms with Crippen LogP contribution in [0.2, 0.25) is 0 Å². The first-order chi connectivity index (χ1) is 9.83. The molecule has 2 rings (SSSR count). The van der Waals surface area contributed by atoms with Gasteiger partial charge in [0.1, 0.15) is 16.5 Å². The number of aliphatic hydroxyl groups is 1. The summed E-state index contributed by atoms with van der Waals surface area (Å²) in [6, 6.07) is 1.55. The van der Waals surface area contributed by atoms with Gasteiger partial charge in [0.15, 0.2) is 0 Å². The lowest BCUT2D eigenvalue weighted by Crippen LogP contribution is -2.13. The molecule has 0 saturated heterocycles. The number of hydrogen-bond donors (Lipinski definition) is 2. The van der Waals surface area contributed by atoms with E-state index in [0.717, 1.165) is 12.3 Å². The van der Waals surface area contributed by atoms with Crippen LogP contribution in [0.25, 0.3) is 0 Å². The third-order valence-corrected chi connectivity index (χ3v) is 4.43. The van der Waals surface area contributed by atoms with Gasteiger partial charge in [-0.05, 0) is 22.0 Å². The number of halogens is 3. The molecule has 0 amide bonds. The second-order valence-corrected chi connectivity index (χ2v) is 6.55. The average molecular weight is 382 g/mol. The highest BCUT2D eigenvalue weighted by molar-refractivity contribution is 9.10. The highest BCUT2D eigenvalue weighted by Gasteiger charge is 2.19. The highest BCUT2D eigenvalue weighted by atomic mass is 79.9. The zero-order chi connectivity index (χ0) is 15.6. The number of aromatic nitrogens is 2. The van der Waals surface area contributed by atoms with E-state index in [1.54, 1.807) is 0 Å². The predicted octanol–water partition coefficient (Wildman–Crippen LogP) is 1.72. The molecule has 0 saturated carbocycles. The molecule has 0 bridgehead atoms. The summed E-state index contributed by atoms with van der Waals surface area (Å²) in [4.78, 5) is -0.198. The molecule has 0 aliphatic rings. The van der Waals surface area contributed by atoms with Crippen molar-refractivity contribution in [2.24, 2.45) is 0 Å². The van der Waals surface area contributed by atoms with Crippen LogP contribution >= 0.6 is 15.9 Å². The van der Waals surface area contributed by atoms with E-state index in [9.17, 15) is 17.2 Å². The first-order valence-corrected chi connectivity index (χ1v) is 7.92. The molecule has 6 nitrogen and oxygen atoms in total. The standard InChI is InChI=1S/C11H10BrF2N3O3S/c12-8-3-11(10(14)4-9(8)13)16-21(19,20)7-5-15-17(6-7)1-2-18/h3-6,16,18H,1-2H2. The normalized spacial score (nSPS) is 11.6. The Morgan fingerprint density at radius 2 is 2.05 bits per heavy atom. The van der Waals surface area contributed by atoms with Gasteiger partial charge < -0.3 is 5.11 Å². The molecule has 10 heteroatoms. The van der Waals surface area contributed by atoms with E-state index in [1.807, 2.05) is 4.72 Å². The Kier molecular flexibility index (Phi) is 4.59. The van der Waals surface area contributed by atoms with Crippen LogP contribution in [0.1, 0.15) is 0 Å². The Morgan fingerprint density at radius 1 is 1.33 bits per heavy atom. The number of nitrogens with one attached hydrogen (secondary N) is 1. The molecular weight excluding hydrogens is 372 g/mol. The van der Waals surface area contributed by atoms with Crippen molar-refractivity contribution in [3.05, 3.63) is 40.6 Å². The van der Waals surface area contributed by atoms with Gasteiger partial charge in [-0.3, -0.25) is 9.40 Å². The molecule has 0 atom stereocenters. The summed E-state index contributed by atoms with van der Waals surface area (Å²) in [5.41, 5.74) is -0.391. The first kappa shape index (κ1) is 15.9. The quantitative estimate of drug-likeness (QED) is 0.772. The molecular formula is C11H10BrF2N3O3S. The Balaban J connectivity index is 2.30. The van der Waals surface area contributed by atoms with E-state index in [-0.39, 0.29) is 22.5 Å². The number of hydrogen-bond acceptors (Lipinski definition) is 4. The van der Waals surface area contributed by atoms with Gasteiger partial charge in [-0.1, -0.05) is 0 Å². The minimum Gasteiger partial charge on any atom is -0.394 e. The van der Waals surface area contributed by atoms with E-state index in [1.165, 1.54) is 10.9 Å². The van der Waals surface area contributed by atoms with Crippen LogP contribution in [-0.2, 0) is 16.6 Å². The molecule has 2 N–H and O–H groups in total. The fraction of sp³-hybridized carbons (Fsp3) is 0.182. The van der Waals surface area contributed by atoms with E-state index in [0.29, 0.717) is 6.07 Å². The van der Waals surface area contributed by atoms with Crippen molar-refractivity contribution in [3.63, 3.8) is 0 Å². The van der Waals surface area contributed by atoms with Gasteiger partial charge in [-0.25, -0.2) is 17.2 Å². The van der Waals surface area contributed by atoms with Gasteiger partial charge in [0.05, 0.1) is 29.5 Å². The number of aliphatic hydroxyl groups excluding tert-OH is 1. The molecule has 1 aromatic heterocycles. The van der Waals surface area contributed by atoms with E-state index in [2.05, 4.69) is 21.0 Å². The van der Waals surface area contributed by atoms with Crippen LogP contribution < -0.4 is 4.72 Å². The van der Waals surface area contributed by atoms with Crippen molar-refractivity contribution in [2.75, 3.05) is 11.3 Å². The molecule has 2 aromatic rings.